The number of aryl methyl sites for hydroxylation is 1. The van der Waals surface area contributed by atoms with Crippen LogP contribution in [0.5, 0.6) is 0 Å². The van der Waals surface area contributed by atoms with E-state index in [9.17, 15) is 9.59 Å². The number of benzene rings is 1. The molecule has 0 bridgehead atoms. The number of hydrogen-bond donors (Lipinski definition) is 0. The predicted octanol–water partition coefficient (Wildman–Crippen LogP) is 3.48. The van der Waals surface area contributed by atoms with Gasteiger partial charge in [0, 0.05) is 23.3 Å². The molecule has 3 heterocycles. The van der Waals surface area contributed by atoms with Gasteiger partial charge in [-0.1, -0.05) is 23.5 Å². The van der Waals surface area contributed by atoms with E-state index in [4.69, 9.17) is 4.74 Å². The molecule has 0 radical (unpaired) electrons. The third-order valence-corrected chi connectivity index (χ3v) is 7.78. The number of nitrogens with zero attached hydrogens (tertiary/aromatic N) is 3. The van der Waals surface area contributed by atoms with Crippen LogP contribution in [0, 0.1) is 13.8 Å². The summed E-state index contributed by atoms with van der Waals surface area (Å²) in [5.41, 5.74) is 4.89. The third kappa shape index (κ3) is 4.13. The molecule has 33 heavy (non-hydrogen) atoms. The molecule has 172 valence electrons. The highest BCUT2D eigenvalue weighted by molar-refractivity contribution is 7.98. The van der Waals surface area contributed by atoms with Crippen molar-refractivity contribution in [3.63, 3.8) is 0 Å². The van der Waals surface area contributed by atoms with E-state index < -0.39 is 12.0 Å². The Morgan fingerprint density at radius 1 is 1.24 bits per heavy atom. The molecule has 2 aromatic heterocycles. The van der Waals surface area contributed by atoms with E-state index >= 15 is 0 Å². The van der Waals surface area contributed by atoms with Gasteiger partial charge in [0.25, 0.3) is 5.56 Å². The second-order valence-electron chi connectivity index (χ2n) is 7.96. The topological polar surface area (TPSA) is 65.6 Å². The lowest BCUT2D eigenvalue weighted by atomic mass is 9.96. The minimum Gasteiger partial charge on any atom is -0.463 e. The smallest absolute Gasteiger partial charge is 0.338 e. The van der Waals surface area contributed by atoms with Crippen molar-refractivity contribution < 1.29 is 9.53 Å². The molecule has 8 heteroatoms. The molecule has 0 saturated carbocycles. The summed E-state index contributed by atoms with van der Waals surface area (Å²) in [6.07, 6.45) is 3.93. The first-order chi connectivity index (χ1) is 15.8. The molecular weight excluding hydrogens is 454 g/mol. The molecule has 0 spiro atoms. The highest BCUT2D eigenvalue weighted by Gasteiger charge is 2.33. The standard InChI is InChI=1S/C25H27N3O3S2/c1-7-31-24(30)21-15(3)26-25-28(22(21)17-8-10-19(32-6)11-9-17)23(29)20(33-25)13-18-12-14(2)27(5)16(18)4/h8-13,22H,7H2,1-6H3/b20-13-. The lowest BCUT2D eigenvalue weighted by Crippen LogP contribution is -2.39. The number of esters is 1. The zero-order chi connectivity index (χ0) is 23.9. The first-order valence-corrected chi connectivity index (χ1v) is 12.8. The van der Waals surface area contributed by atoms with Crippen LogP contribution >= 0.6 is 23.1 Å². The number of hydrogen-bond acceptors (Lipinski definition) is 6. The van der Waals surface area contributed by atoms with Gasteiger partial charge in [-0.25, -0.2) is 9.79 Å². The van der Waals surface area contributed by atoms with Crippen molar-refractivity contribution in [3.05, 3.63) is 83.8 Å². The molecule has 1 aliphatic rings. The number of thiazole rings is 1. The Morgan fingerprint density at radius 3 is 2.52 bits per heavy atom. The van der Waals surface area contributed by atoms with Crippen molar-refractivity contribution in [3.8, 4) is 0 Å². The van der Waals surface area contributed by atoms with Crippen LogP contribution in [0.15, 0.2) is 56.3 Å². The Morgan fingerprint density at radius 2 is 1.94 bits per heavy atom. The van der Waals surface area contributed by atoms with E-state index in [2.05, 4.69) is 15.6 Å². The van der Waals surface area contributed by atoms with Gasteiger partial charge in [0.2, 0.25) is 0 Å². The van der Waals surface area contributed by atoms with Gasteiger partial charge in [0.15, 0.2) is 4.80 Å². The number of carbonyl (C=O) groups excluding carboxylic acids is 1. The van der Waals surface area contributed by atoms with Gasteiger partial charge >= 0.3 is 5.97 Å². The lowest BCUT2D eigenvalue weighted by molar-refractivity contribution is -0.139. The van der Waals surface area contributed by atoms with Crippen molar-refractivity contribution in [2.75, 3.05) is 12.9 Å². The summed E-state index contributed by atoms with van der Waals surface area (Å²) in [4.78, 5) is 32.9. The van der Waals surface area contributed by atoms with Crippen LogP contribution in [0.4, 0.5) is 0 Å². The van der Waals surface area contributed by atoms with Gasteiger partial charge in [-0.3, -0.25) is 9.36 Å². The van der Waals surface area contributed by atoms with Crippen LogP contribution in [0.2, 0.25) is 0 Å². The third-order valence-electron chi connectivity index (χ3n) is 6.05. The van der Waals surface area contributed by atoms with Crippen molar-refractivity contribution >= 4 is 35.1 Å². The molecule has 0 saturated heterocycles. The Kier molecular flexibility index (Phi) is 6.50. The maximum absolute atomic E-state index is 13.7. The number of thioether (sulfide) groups is 1. The monoisotopic (exact) mass is 481 g/mol. The van der Waals surface area contributed by atoms with Gasteiger partial charge in [0.05, 0.1) is 28.5 Å². The molecule has 1 atom stereocenters. The normalized spacial score (nSPS) is 16.1. The Balaban J connectivity index is 1.96. The van der Waals surface area contributed by atoms with Crippen LogP contribution in [-0.4, -0.2) is 28.0 Å². The summed E-state index contributed by atoms with van der Waals surface area (Å²) in [5.74, 6) is -0.443. The zero-order valence-electron chi connectivity index (χ0n) is 19.6. The summed E-state index contributed by atoms with van der Waals surface area (Å²) >= 11 is 2.99. The van der Waals surface area contributed by atoms with Gasteiger partial charge in [-0.05, 0) is 69.4 Å². The average Bonchev–Trinajstić information content (AvgIpc) is 3.23. The van der Waals surface area contributed by atoms with E-state index in [1.807, 2.05) is 57.5 Å². The molecule has 1 aromatic carbocycles. The number of aromatic nitrogens is 2. The number of rotatable bonds is 5. The number of fused-ring (bicyclic) bond motifs is 1. The average molecular weight is 482 g/mol. The Hall–Kier alpha value is -2.84. The SMILES string of the molecule is CCOC(=O)C1=C(C)N=c2s/c(=C\c3cc(C)n(C)c3C)c(=O)n2C1c1ccc(SC)cc1. The van der Waals surface area contributed by atoms with Gasteiger partial charge in [0.1, 0.15) is 0 Å². The van der Waals surface area contributed by atoms with Crippen molar-refractivity contribution in [2.24, 2.45) is 12.0 Å². The Labute approximate surface area is 200 Å². The summed E-state index contributed by atoms with van der Waals surface area (Å²) in [6, 6.07) is 9.43. The van der Waals surface area contributed by atoms with E-state index in [-0.39, 0.29) is 12.2 Å². The Bertz CT molecular complexity index is 1440. The first-order valence-electron chi connectivity index (χ1n) is 10.7. The van der Waals surface area contributed by atoms with Gasteiger partial charge in [-0.2, -0.15) is 0 Å². The van der Waals surface area contributed by atoms with Crippen molar-refractivity contribution in [1.29, 1.82) is 0 Å². The van der Waals surface area contributed by atoms with Crippen molar-refractivity contribution in [2.45, 2.75) is 38.6 Å². The second kappa shape index (κ2) is 9.19. The summed E-state index contributed by atoms with van der Waals surface area (Å²) in [7, 11) is 2.01. The fourth-order valence-electron chi connectivity index (χ4n) is 4.06. The predicted molar refractivity (Wildman–Crippen MR) is 134 cm³/mol. The number of allylic oxidation sites excluding steroid dienone is 1. The van der Waals surface area contributed by atoms with Crippen LogP contribution in [0.1, 0.15) is 42.4 Å². The van der Waals surface area contributed by atoms with Crippen LogP contribution < -0.4 is 14.9 Å². The molecule has 0 N–H and O–H groups in total. The highest BCUT2D eigenvalue weighted by atomic mass is 32.2. The van der Waals surface area contributed by atoms with E-state index in [0.29, 0.717) is 20.6 Å². The van der Waals surface area contributed by atoms with E-state index in [1.54, 1.807) is 30.2 Å². The maximum Gasteiger partial charge on any atom is 0.338 e. The highest BCUT2D eigenvalue weighted by Crippen LogP contribution is 2.31. The maximum atomic E-state index is 13.7. The number of carbonyl (C=O) groups is 1. The fraction of sp³-hybridized carbons (Fsp3) is 0.320. The molecule has 4 rings (SSSR count). The molecule has 6 nitrogen and oxygen atoms in total. The second-order valence-corrected chi connectivity index (χ2v) is 9.85. The summed E-state index contributed by atoms with van der Waals surface area (Å²) in [6.45, 7) is 7.91. The molecule has 1 unspecified atom stereocenters. The number of ether oxygens (including phenoxy) is 1. The summed E-state index contributed by atoms with van der Waals surface area (Å²) < 4.78 is 9.68. The van der Waals surface area contributed by atoms with Crippen LogP contribution in [0.3, 0.4) is 0 Å². The lowest BCUT2D eigenvalue weighted by Gasteiger charge is -2.24. The molecule has 3 aromatic rings. The minimum absolute atomic E-state index is 0.159. The quantitative estimate of drug-likeness (QED) is 0.413. The van der Waals surface area contributed by atoms with Crippen molar-refractivity contribution in [1.82, 2.24) is 9.13 Å². The fourth-order valence-corrected chi connectivity index (χ4v) is 5.51. The van der Waals surface area contributed by atoms with E-state index in [0.717, 1.165) is 27.4 Å². The molecule has 0 amide bonds. The molecule has 0 fully saturated rings. The van der Waals surface area contributed by atoms with Crippen LogP contribution in [0.25, 0.3) is 6.08 Å². The van der Waals surface area contributed by atoms with Gasteiger partial charge < -0.3 is 9.30 Å². The minimum atomic E-state index is -0.586. The van der Waals surface area contributed by atoms with Gasteiger partial charge in [-0.15, -0.1) is 11.8 Å². The van der Waals surface area contributed by atoms with Crippen LogP contribution in [-0.2, 0) is 16.6 Å². The first kappa shape index (κ1) is 23.3. The zero-order valence-corrected chi connectivity index (χ0v) is 21.3. The molecule has 0 aliphatic carbocycles. The molecular formula is C25H27N3O3S2. The molecule has 1 aliphatic heterocycles. The van der Waals surface area contributed by atoms with E-state index in [1.165, 1.54) is 11.3 Å². The largest absolute Gasteiger partial charge is 0.463 e. The summed E-state index contributed by atoms with van der Waals surface area (Å²) in [5, 5.41) is 0.